The molecule has 0 atom stereocenters. The molecule has 0 saturated heterocycles. The second kappa shape index (κ2) is 5.62. The molecule has 0 radical (unpaired) electrons. The molecule has 0 aliphatic heterocycles. The lowest BCUT2D eigenvalue weighted by atomic mass is 10.2. The van der Waals surface area contributed by atoms with Gasteiger partial charge in [0.1, 0.15) is 5.65 Å². The van der Waals surface area contributed by atoms with E-state index in [9.17, 15) is 4.79 Å². The molecule has 7 heteroatoms. The molecule has 0 bridgehead atoms. The van der Waals surface area contributed by atoms with E-state index in [-0.39, 0.29) is 5.56 Å². The Morgan fingerprint density at radius 2 is 1.54 bits per heavy atom. The lowest BCUT2D eigenvalue weighted by molar-refractivity contribution is 1.05. The number of benzene rings is 3. The monoisotopic (exact) mass is 492 g/mol. The number of hydrogen-bond acceptors (Lipinski definition) is 3. The van der Waals surface area contributed by atoms with E-state index >= 15 is 0 Å². The van der Waals surface area contributed by atoms with Crippen LogP contribution in [-0.4, -0.2) is 18.8 Å². The van der Waals surface area contributed by atoms with Crippen LogP contribution >= 0.6 is 31.9 Å². The summed E-state index contributed by atoms with van der Waals surface area (Å²) >= 11 is 7.03. The van der Waals surface area contributed by atoms with Gasteiger partial charge in [-0.1, -0.05) is 40.2 Å². The normalized spacial score (nSPS) is 12.1. The van der Waals surface area contributed by atoms with Gasteiger partial charge in [0, 0.05) is 14.3 Å². The third-order valence-corrected chi connectivity index (χ3v) is 6.08. The van der Waals surface area contributed by atoms with E-state index in [1.165, 1.54) is 0 Å². The summed E-state index contributed by atoms with van der Waals surface area (Å²) in [5, 5.41) is 1.45. The standard InChI is InChI=1S/C21H10Br2N4O/c22-11-9-13-18(14(23)10-11)25-21-26-17-8-4-2-6-15(17)24-19(26)12-5-1-3-7-16(12)27(21)20(13)28/h1-10H. The molecule has 28 heavy (non-hydrogen) atoms. The highest BCUT2D eigenvalue weighted by Crippen LogP contribution is 2.29. The molecule has 3 aromatic heterocycles. The lowest BCUT2D eigenvalue weighted by Crippen LogP contribution is -2.19. The molecule has 6 rings (SSSR count). The molecular weight excluding hydrogens is 484 g/mol. The van der Waals surface area contributed by atoms with Crippen molar-refractivity contribution in [2.45, 2.75) is 0 Å². The van der Waals surface area contributed by atoms with E-state index in [2.05, 4.69) is 31.9 Å². The van der Waals surface area contributed by atoms with E-state index in [1.807, 2.05) is 65.1 Å². The second-order valence-electron chi connectivity index (χ2n) is 6.61. The Balaban J connectivity index is 2.05. The Kier molecular flexibility index (Phi) is 3.25. The van der Waals surface area contributed by atoms with Crippen LogP contribution in [0.25, 0.3) is 44.3 Å². The van der Waals surface area contributed by atoms with Crippen molar-refractivity contribution < 1.29 is 0 Å². The Labute approximate surface area is 174 Å². The van der Waals surface area contributed by atoms with Crippen LogP contribution in [0.3, 0.4) is 0 Å². The maximum absolute atomic E-state index is 13.6. The van der Waals surface area contributed by atoms with Crippen LogP contribution in [0.15, 0.2) is 74.4 Å². The number of para-hydroxylation sites is 3. The number of hydrogen-bond donors (Lipinski definition) is 0. The maximum Gasteiger partial charge on any atom is 0.267 e. The lowest BCUT2D eigenvalue weighted by Gasteiger charge is -2.11. The topological polar surface area (TPSA) is 51.7 Å². The molecular formula is C21H10Br2N4O. The van der Waals surface area contributed by atoms with Crippen molar-refractivity contribution >= 4 is 76.1 Å². The minimum Gasteiger partial charge on any atom is -0.268 e. The minimum absolute atomic E-state index is 0.113. The van der Waals surface area contributed by atoms with Gasteiger partial charge in [0.25, 0.3) is 5.56 Å². The zero-order chi connectivity index (χ0) is 19.0. The van der Waals surface area contributed by atoms with Crippen molar-refractivity contribution in [2.75, 3.05) is 0 Å². The van der Waals surface area contributed by atoms with Crippen LogP contribution in [0.2, 0.25) is 0 Å². The fourth-order valence-corrected chi connectivity index (χ4v) is 5.15. The zero-order valence-electron chi connectivity index (χ0n) is 14.2. The van der Waals surface area contributed by atoms with Gasteiger partial charge < -0.3 is 0 Å². The summed E-state index contributed by atoms with van der Waals surface area (Å²) in [4.78, 5) is 23.3. The average molecular weight is 494 g/mol. The SMILES string of the molecule is O=c1c2cc(Br)cc(Br)c2nc2n1c1ccccc1c1nc3ccccc3n12. The summed E-state index contributed by atoms with van der Waals surface area (Å²) in [6, 6.07) is 19.4. The summed E-state index contributed by atoms with van der Waals surface area (Å²) in [5.41, 5.74) is 3.87. The van der Waals surface area contributed by atoms with Gasteiger partial charge in [-0.05, 0) is 52.3 Å². The number of rotatable bonds is 0. The molecule has 0 amide bonds. The second-order valence-corrected chi connectivity index (χ2v) is 8.38. The molecule has 0 unspecified atom stereocenters. The number of halogens is 2. The summed E-state index contributed by atoms with van der Waals surface area (Å²) < 4.78 is 5.23. The highest BCUT2D eigenvalue weighted by molar-refractivity contribution is 9.11. The van der Waals surface area contributed by atoms with E-state index in [0.717, 1.165) is 36.5 Å². The van der Waals surface area contributed by atoms with Crippen LogP contribution in [0.5, 0.6) is 0 Å². The first-order valence-electron chi connectivity index (χ1n) is 8.63. The average Bonchev–Trinajstić information content (AvgIpc) is 3.09. The largest absolute Gasteiger partial charge is 0.268 e. The van der Waals surface area contributed by atoms with Crippen molar-refractivity contribution in [3.05, 3.63) is 80.0 Å². The van der Waals surface area contributed by atoms with Gasteiger partial charge in [0.2, 0.25) is 5.78 Å². The predicted molar refractivity (Wildman–Crippen MR) is 118 cm³/mol. The number of fused-ring (bicyclic) bond motifs is 9. The molecule has 0 fully saturated rings. The van der Waals surface area contributed by atoms with Gasteiger partial charge in [-0.25, -0.2) is 14.4 Å². The van der Waals surface area contributed by atoms with E-state index in [0.29, 0.717) is 16.7 Å². The summed E-state index contributed by atoms with van der Waals surface area (Å²) in [7, 11) is 0. The first-order valence-corrected chi connectivity index (χ1v) is 10.2. The van der Waals surface area contributed by atoms with Crippen molar-refractivity contribution in [2.24, 2.45) is 0 Å². The molecule has 0 aliphatic carbocycles. The molecule has 0 saturated carbocycles. The summed E-state index contributed by atoms with van der Waals surface area (Å²) in [6.07, 6.45) is 0. The summed E-state index contributed by atoms with van der Waals surface area (Å²) in [5.74, 6) is 0.544. The number of imidazole rings is 1. The molecule has 3 heterocycles. The van der Waals surface area contributed by atoms with Crippen LogP contribution in [0, 0.1) is 0 Å². The van der Waals surface area contributed by atoms with Crippen LogP contribution < -0.4 is 5.56 Å². The van der Waals surface area contributed by atoms with Gasteiger partial charge >= 0.3 is 0 Å². The Bertz CT molecular complexity index is 1670. The molecule has 5 nitrogen and oxygen atoms in total. The van der Waals surface area contributed by atoms with Crippen molar-refractivity contribution in [1.82, 2.24) is 18.8 Å². The van der Waals surface area contributed by atoms with Crippen molar-refractivity contribution in [3.63, 3.8) is 0 Å². The Hall–Kier alpha value is -2.77. The van der Waals surface area contributed by atoms with Gasteiger partial charge in [-0.3, -0.25) is 9.20 Å². The smallest absolute Gasteiger partial charge is 0.267 e. The molecule has 0 N–H and O–H groups in total. The number of aromatic nitrogens is 4. The van der Waals surface area contributed by atoms with Crippen molar-refractivity contribution in [1.29, 1.82) is 0 Å². The van der Waals surface area contributed by atoms with Crippen molar-refractivity contribution in [3.8, 4) is 0 Å². The number of nitrogens with zero attached hydrogens (tertiary/aromatic N) is 4. The van der Waals surface area contributed by atoms with Gasteiger partial charge in [-0.2, -0.15) is 0 Å². The third kappa shape index (κ3) is 2.03. The highest BCUT2D eigenvalue weighted by atomic mass is 79.9. The predicted octanol–water partition coefficient (Wildman–Crippen LogP) is 5.33. The molecule has 3 aromatic carbocycles. The maximum atomic E-state index is 13.6. The van der Waals surface area contributed by atoms with E-state index < -0.39 is 0 Å². The Morgan fingerprint density at radius 3 is 2.39 bits per heavy atom. The first-order chi connectivity index (χ1) is 13.6. The first kappa shape index (κ1) is 16.2. The molecule has 6 aromatic rings. The molecule has 134 valence electrons. The fourth-order valence-electron chi connectivity index (χ4n) is 3.84. The van der Waals surface area contributed by atoms with Crippen LogP contribution in [-0.2, 0) is 0 Å². The van der Waals surface area contributed by atoms with Crippen LogP contribution in [0.1, 0.15) is 0 Å². The molecule has 0 spiro atoms. The minimum atomic E-state index is -0.113. The van der Waals surface area contributed by atoms with Crippen LogP contribution in [0.4, 0.5) is 0 Å². The Morgan fingerprint density at radius 1 is 0.786 bits per heavy atom. The summed E-state index contributed by atoms with van der Waals surface area (Å²) in [6.45, 7) is 0. The van der Waals surface area contributed by atoms with E-state index in [4.69, 9.17) is 9.97 Å². The zero-order valence-corrected chi connectivity index (χ0v) is 17.4. The fraction of sp³-hybridized carbons (Fsp3) is 0. The van der Waals surface area contributed by atoms with Gasteiger partial charge in [0.15, 0.2) is 0 Å². The van der Waals surface area contributed by atoms with Gasteiger partial charge in [0.05, 0.1) is 27.5 Å². The molecule has 0 aliphatic rings. The van der Waals surface area contributed by atoms with Gasteiger partial charge in [-0.15, -0.1) is 0 Å². The highest BCUT2D eigenvalue weighted by Gasteiger charge is 2.18. The third-order valence-electron chi connectivity index (χ3n) is 5.02. The van der Waals surface area contributed by atoms with E-state index in [1.54, 1.807) is 4.40 Å². The quantitative estimate of drug-likeness (QED) is 0.212.